The molecule has 1 aliphatic rings. The van der Waals surface area contributed by atoms with E-state index in [1.54, 1.807) is 0 Å². The number of nitrogens with two attached hydrogens (primary N) is 1. The molecule has 0 aliphatic heterocycles. The Morgan fingerprint density at radius 2 is 1.45 bits per heavy atom. The van der Waals surface area contributed by atoms with E-state index in [4.69, 9.17) is 5.73 Å². The van der Waals surface area contributed by atoms with Gasteiger partial charge in [0.25, 0.3) is 0 Å². The van der Waals surface area contributed by atoms with Crippen LogP contribution >= 0.6 is 0 Å². The largest absolute Gasteiger partial charge is 0.378 e. The van der Waals surface area contributed by atoms with Crippen molar-refractivity contribution in [2.24, 2.45) is 16.6 Å². The minimum Gasteiger partial charge on any atom is -0.378 e. The monoisotopic (exact) mass is 274 g/mol. The van der Waals surface area contributed by atoms with E-state index in [0.717, 1.165) is 12.8 Å². The van der Waals surface area contributed by atoms with Gasteiger partial charge in [0.1, 0.15) is 0 Å². The molecule has 1 aliphatic carbocycles. The number of hydrogen-bond donors (Lipinski definition) is 2. The summed E-state index contributed by atoms with van der Waals surface area (Å²) in [6.07, 6.45) is 3.53. The maximum Gasteiger partial charge on any atom is 0.0505 e. The maximum atomic E-state index is 6.20. The molecule has 0 atom stereocenters. The molecular weight excluding hydrogens is 244 g/mol. The van der Waals surface area contributed by atoms with Crippen molar-refractivity contribution in [1.29, 1.82) is 0 Å². The van der Waals surface area contributed by atoms with E-state index < -0.39 is 0 Å². The molecule has 3 N–H and O–H groups in total. The molecule has 1 aromatic rings. The van der Waals surface area contributed by atoms with E-state index in [1.165, 1.54) is 17.7 Å². The third kappa shape index (κ3) is 3.54. The minimum absolute atomic E-state index is 0.0144. The van der Waals surface area contributed by atoms with E-state index >= 15 is 0 Å². The number of aryl methyl sites for hydroxylation is 1. The molecule has 0 aromatic heterocycles. The first-order valence-corrected chi connectivity index (χ1v) is 7.70. The number of anilines is 1. The van der Waals surface area contributed by atoms with Gasteiger partial charge in [0.05, 0.1) is 5.54 Å². The predicted molar refractivity (Wildman–Crippen MR) is 88.0 cm³/mol. The van der Waals surface area contributed by atoms with E-state index in [1.807, 2.05) is 0 Å². The smallest absolute Gasteiger partial charge is 0.0505 e. The normalized spacial score (nSPS) is 23.3. The van der Waals surface area contributed by atoms with Gasteiger partial charge in [-0.1, -0.05) is 45.4 Å². The van der Waals surface area contributed by atoms with Gasteiger partial charge in [0, 0.05) is 12.2 Å². The second kappa shape index (κ2) is 5.07. The Bertz CT molecular complexity index is 441. The average Bonchev–Trinajstić information content (AvgIpc) is 2.28. The van der Waals surface area contributed by atoms with Crippen molar-refractivity contribution in [3.05, 3.63) is 29.8 Å². The first kappa shape index (κ1) is 15.4. The fraction of sp³-hybridized carbons (Fsp3) is 0.667. The van der Waals surface area contributed by atoms with Crippen molar-refractivity contribution >= 4 is 5.69 Å². The van der Waals surface area contributed by atoms with E-state index in [2.05, 4.69) is 64.2 Å². The van der Waals surface area contributed by atoms with Crippen LogP contribution in [-0.2, 0) is 0 Å². The third-order valence-electron chi connectivity index (χ3n) is 4.44. The first-order valence-electron chi connectivity index (χ1n) is 7.70. The second-order valence-electron chi connectivity index (χ2n) is 8.33. The Labute approximate surface area is 124 Å². The molecule has 0 unspecified atom stereocenters. The van der Waals surface area contributed by atoms with Crippen molar-refractivity contribution < 1.29 is 0 Å². The van der Waals surface area contributed by atoms with Crippen LogP contribution in [0.15, 0.2) is 24.3 Å². The van der Waals surface area contributed by atoms with Gasteiger partial charge in [0.2, 0.25) is 0 Å². The van der Waals surface area contributed by atoms with Crippen molar-refractivity contribution in [2.45, 2.75) is 59.4 Å². The van der Waals surface area contributed by atoms with Crippen LogP contribution in [0.3, 0.4) is 0 Å². The van der Waals surface area contributed by atoms with Crippen molar-refractivity contribution in [2.75, 3.05) is 11.9 Å². The lowest BCUT2D eigenvalue weighted by atomic mass is 9.58. The third-order valence-corrected chi connectivity index (χ3v) is 4.44. The van der Waals surface area contributed by atoms with Crippen molar-refractivity contribution in [3.63, 3.8) is 0 Å². The van der Waals surface area contributed by atoms with Gasteiger partial charge in [0.15, 0.2) is 0 Å². The highest BCUT2D eigenvalue weighted by molar-refractivity contribution is 5.47. The maximum absolute atomic E-state index is 6.20. The van der Waals surface area contributed by atoms with Crippen LogP contribution in [0.25, 0.3) is 0 Å². The zero-order valence-electron chi connectivity index (χ0n) is 13.7. The molecule has 20 heavy (non-hydrogen) atoms. The summed E-state index contributed by atoms with van der Waals surface area (Å²) in [6.45, 7) is 12.3. The van der Waals surface area contributed by atoms with Crippen LogP contribution in [0.4, 0.5) is 5.69 Å². The summed E-state index contributed by atoms with van der Waals surface area (Å²) in [6, 6.07) is 8.65. The molecule has 0 amide bonds. The summed E-state index contributed by atoms with van der Waals surface area (Å²) in [5, 5.41) is 3.76. The van der Waals surface area contributed by atoms with Gasteiger partial charge >= 0.3 is 0 Å². The summed E-state index contributed by atoms with van der Waals surface area (Å²) in [7, 11) is 0. The van der Waals surface area contributed by atoms with Crippen LogP contribution in [0.2, 0.25) is 0 Å². The molecular formula is C18H30N2. The van der Waals surface area contributed by atoms with E-state index in [0.29, 0.717) is 17.4 Å². The lowest BCUT2D eigenvalue weighted by molar-refractivity contribution is 0.0623. The summed E-state index contributed by atoms with van der Waals surface area (Å²) in [5.41, 5.74) is 9.36. The predicted octanol–water partition coefficient (Wildman–Crippen LogP) is 4.34. The average molecular weight is 274 g/mol. The van der Waals surface area contributed by atoms with Crippen LogP contribution < -0.4 is 11.1 Å². The summed E-state index contributed by atoms with van der Waals surface area (Å²) < 4.78 is 0. The lowest BCUT2D eigenvalue weighted by Crippen LogP contribution is -2.55. The number of benzene rings is 1. The van der Waals surface area contributed by atoms with Crippen molar-refractivity contribution in [1.82, 2.24) is 0 Å². The van der Waals surface area contributed by atoms with E-state index in [9.17, 15) is 0 Å². The molecule has 1 aromatic carbocycles. The molecule has 2 nitrogen and oxygen atoms in total. The summed E-state index contributed by atoms with van der Waals surface area (Å²) in [5.74, 6) is 0. The number of rotatable bonds is 3. The molecule has 0 heterocycles. The summed E-state index contributed by atoms with van der Waals surface area (Å²) in [4.78, 5) is 0. The highest BCUT2D eigenvalue weighted by Gasteiger charge is 2.46. The highest BCUT2D eigenvalue weighted by Crippen LogP contribution is 2.50. The minimum atomic E-state index is 0.0144. The Morgan fingerprint density at radius 1 is 0.950 bits per heavy atom. The number of hydrogen-bond acceptors (Lipinski definition) is 2. The standard InChI is InChI=1S/C18H30N2/c1-14-6-8-15(9-7-14)20-18(13-19)11-16(2,3)10-17(4,5)12-18/h6-9,20H,10-13,19H2,1-5H3. The van der Waals surface area contributed by atoms with Gasteiger partial charge in [-0.2, -0.15) is 0 Å². The van der Waals surface area contributed by atoms with Gasteiger partial charge < -0.3 is 11.1 Å². The SMILES string of the molecule is Cc1ccc(NC2(CN)CC(C)(C)CC(C)(C)C2)cc1. The molecule has 0 bridgehead atoms. The van der Waals surface area contributed by atoms with Gasteiger partial charge in [-0.3, -0.25) is 0 Å². The van der Waals surface area contributed by atoms with Gasteiger partial charge in [-0.15, -0.1) is 0 Å². The Balaban J connectivity index is 2.26. The second-order valence-corrected chi connectivity index (χ2v) is 8.33. The Kier molecular flexibility index (Phi) is 3.90. The lowest BCUT2D eigenvalue weighted by Gasteiger charge is -2.52. The zero-order valence-corrected chi connectivity index (χ0v) is 13.7. The van der Waals surface area contributed by atoms with Crippen LogP contribution in [0.5, 0.6) is 0 Å². The molecule has 1 fully saturated rings. The van der Waals surface area contributed by atoms with E-state index in [-0.39, 0.29) is 5.54 Å². The Morgan fingerprint density at radius 3 is 1.90 bits per heavy atom. The molecule has 1 saturated carbocycles. The molecule has 2 rings (SSSR count). The zero-order chi connectivity index (χ0) is 15.0. The van der Waals surface area contributed by atoms with Gasteiger partial charge in [-0.05, 0) is 49.1 Å². The molecule has 0 spiro atoms. The molecule has 0 saturated heterocycles. The summed E-state index contributed by atoms with van der Waals surface area (Å²) >= 11 is 0. The first-order chi connectivity index (χ1) is 9.15. The quantitative estimate of drug-likeness (QED) is 0.860. The number of nitrogens with one attached hydrogen (secondary N) is 1. The van der Waals surface area contributed by atoms with Crippen LogP contribution in [0, 0.1) is 17.8 Å². The fourth-order valence-electron chi connectivity index (χ4n) is 4.54. The van der Waals surface area contributed by atoms with Crippen LogP contribution in [0.1, 0.15) is 52.5 Å². The molecule has 0 radical (unpaired) electrons. The molecule has 2 heteroatoms. The fourth-order valence-corrected chi connectivity index (χ4v) is 4.54. The van der Waals surface area contributed by atoms with Crippen LogP contribution in [-0.4, -0.2) is 12.1 Å². The Hall–Kier alpha value is -1.02. The van der Waals surface area contributed by atoms with Gasteiger partial charge in [-0.25, -0.2) is 0 Å². The molecule has 112 valence electrons. The van der Waals surface area contributed by atoms with Crippen molar-refractivity contribution in [3.8, 4) is 0 Å². The topological polar surface area (TPSA) is 38.0 Å². The highest BCUT2D eigenvalue weighted by atomic mass is 15.0.